The third-order valence-electron chi connectivity index (χ3n) is 3.88. The van der Waals surface area contributed by atoms with Crippen molar-refractivity contribution in [3.05, 3.63) is 35.9 Å². The Morgan fingerprint density at radius 2 is 2.05 bits per heavy atom. The van der Waals surface area contributed by atoms with Crippen LogP contribution in [0.4, 0.5) is 0 Å². The standard InChI is InChI=1S/C16H21NO3S/c1-12-9-14(16(19)20)7-8-17(12)15(18)11-21-10-13-5-3-2-4-6-13/h2-6,12,14H,7-11H2,1H3,(H,19,20). The predicted octanol–water partition coefficient (Wildman–Crippen LogP) is 2.63. The van der Waals surface area contributed by atoms with Crippen molar-refractivity contribution >= 4 is 23.6 Å². The number of carboxylic acids is 1. The molecule has 2 rings (SSSR count). The van der Waals surface area contributed by atoms with E-state index < -0.39 is 5.97 Å². The zero-order valence-corrected chi connectivity index (χ0v) is 13.0. The average Bonchev–Trinajstić information content (AvgIpc) is 2.48. The minimum Gasteiger partial charge on any atom is -0.481 e. The smallest absolute Gasteiger partial charge is 0.306 e. The Balaban J connectivity index is 1.77. The van der Waals surface area contributed by atoms with E-state index in [1.165, 1.54) is 5.56 Å². The molecule has 1 aliphatic rings. The fourth-order valence-electron chi connectivity index (χ4n) is 2.68. The van der Waals surface area contributed by atoms with Gasteiger partial charge in [-0.3, -0.25) is 9.59 Å². The number of aliphatic carboxylic acids is 1. The first-order valence-corrected chi connectivity index (χ1v) is 8.37. The minimum atomic E-state index is -0.743. The van der Waals surface area contributed by atoms with E-state index >= 15 is 0 Å². The van der Waals surface area contributed by atoms with Gasteiger partial charge in [-0.15, -0.1) is 11.8 Å². The van der Waals surface area contributed by atoms with Gasteiger partial charge in [0.2, 0.25) is 5.91 Å². The third-order valence-corrected chi connectivity index (χ3v) is 4.87. The molecule has 5 heteroatoms. The topological polar surface area (TPSA) is 57.6 Å². The quantitative estimate of drug-likeness (QED) is 0.908. The summed E-state index contributed by atoms with van der Waals surface area (Å²) in [6.45, 7) is 2.50. The molecule has 1 amide bonds. The molecule has 0 aliphatic carbocycles. The molecule has 1 fully saturated rings. The van der Waals surface area contributed by atoms with Gasteiger partial charge in [-0.2, -0.15) is 0 Å². The van der Waals surface area contributed by atoms with Gasteiger partial charge in [0.05, 0.1) is 11.7 Å². The number of rotatable bonds is 5. The van der Waals surface area contributed by atoms with Crippen molar-refractivity contribution in [2.45, 2.75) is 31.6 Å². The van der Waals surface area contributed by atoms with Crippen LogP contribution in [0, 0.1) is 5.92 Å². The van der Waals surface area contributed by atoms with Crippen molar-refractivity contribution in [1.82, 2.24) is 4.90 Å². The van der Waals surface area contributed by atoms with E-state index in [-0.39, 0.29) is 17.9 Å². The molecule has 0 saturated carbocycles. The fourth-order valence-corrected chi connectivity index (χ4v) is 3.55. The van der Waals surface area contributed by atoms with Gasteiger partial charge in [-0.1, -0.05) is 30.3 Å². The zero-order valence-electron chi connectivity index (χ0n) is 12.2. The van der Waals surface area contributed by atoms with Gasteiger partial charge in [0.25, 0.3) is 0 Å². The van der Waals surface area contributed by atoms with Crippen molar-refractivity contribution in [2.24, 2.45) is 5.92 Å². The lowest BCUT2D eigenvalue weighted by Crippen LogP contribution is -2.46. The summed E-state index contributed by atoms with van der Waals surface area (Å²) in [6, 6.07) is 10.1. The number of carbonyl (C=O) groups is 2. The van der Waals surface area contributed by atoms with E-state index in [1.54, 1.807) is 11.8 Å². The highest BCUT2D eigenvalue weighted by Gasteiger charge is 2.31. The van der Waals surface area contributed by atoms with Gasteiger partial charge >= 0.3 is 5.97 Å². The van der Waals surface area contributed by atoms with Gasteiger partial charge in [0.1, 0.15) is 0 Å². The largest absolute Gasteiger partial charge is 0.481 e. The van der Waals surface area contributed by atoms with Crippen LogP contribution in [0.1, 0.15) is 25.3 Å². The average molecular weight is 307 g/mol. The van der Waals surface area contributed by atoms with Gasteiger partial charge in [-0.25, -0.2) is 0 Å². The summed E-state index contributed by atoms with van der Waals surface area (Å²) in [5.41, 5.74) is 1.22. The summed E-state index contributed by atoms with van der Waals surface area (Å²) in [5, 5.41) is 9.04. The van der Waals surface area contributed by atoms with E-state index in [0.29, 0.717) is 25.1 Å². The van der Waals surface area contributed by atoms with E-state index in [1.807, 2.05) is 30.0 Å². The Labute approximate surface area is 129 Å². The van der Waals surface area contributed by atoms with Gasteiger partial charge in [0, 0.05) is 18.3 Å². The van der Waals surface area contributed by atoms with Crippen molar-refractivity contribution in [3.8, 4) is 0 Å². The summed E-state index contributed by atoms with van der Waals surface area (Å²) in [7, 11) is 0. The number of carbonyl (C=O) groups excluding carboxylic acids is 1. The first-order chi connectivity index (χ1) is 10.1. The molecule has 21 heavy (non-hydrogen) atoms. The predicted molar refractivity (Wildman–Crippen MR) is 84.1 cm³/mol. The number of hydrogen-bond donors (Lipinski definition) is 1. The number of benzene rings is 1. The number of nitrogens with zero attached hydrogens (tertiary/aromatic N) is 1. The van der Waals surface area contributed by atoms with E-state index in [2.05, 4.69) is 12.1 Å². The second kappa shape index (κ2) is 7.50. The summed E-state index contributed by atoms with van der Waals surface area (Å²) >= 11 is 1.61. The molecule has 1 aliphatic heterocycles. The maximum atomic E-state index is 12.2. The second-order valence-corrected chi connectivity index (χ2v) is 6.46. The van der Waals surface area contributed by atoms with Crippen molar-refractivity contribution in [3.63, 3.8) is 0 Å². The van der Waals surface area contributed by atoms with Crippen LogP contribution in [-0.4, -0.2) is 40.2 Å². The first-order valence-electron chi connectivity index (χ1n) is 7.22. The SMILES string of the molecule is CC1CC(C(=O)O)CCN1C(=O)CSCc1ccccc1. The van der Waals surface area contributed by atoms with Crippen LogP contribution < -0.4 is 0 Å². The highest BCUT2D eigenvalue weighted by molar-refractivity contribution is 7.99. The van der Waals surface area contributed by atoms with Crippen molar-refractivity contribution in [2.75, 3.05) is 12.3 Å². The zero-order chi connectivity index (χ0) is 15.2. The third kappa shape index (κ3) is 4.49. The monoisotopic (exact) mass is 307 g/mol. The summed E-state index contributed by atoms with van der Waals surface area (Å²) < 4.78 is 0. The van der Waals surface area contributed by atoms with E-state index in [0.717, 1.165) is 5.75 Å². The fraction of sp³-hybridized carbons (Fsp3) is 0.500. The Bertz CT molecular complexity index is 492. The molecule has 4 nitrogen and oxygen atoms in total. The Kier molecular flexibility index (Phi) is 5.67. The number of carboxylic acid groups (broad SMARTS) is 1. The highest BCUT2D eigenvalue weighted by atomic mass is 32.2. The maximum absolute atomic E-state index is 12.2. The molecular weight excluding hydrogens is 286 g/mol. The maximum Gasteiger partial charge on any atom is 0.306 e. The number of likely N-dealkylation sites (tertiary alicyclic amines) is 1. The molecule has 0 aromatic heterocycles. The van der Waals surface area contributed by atoms with Crippen LogP contribution in [0.25, 0.3) is 0 Å². The summed E-state index contributed by atoms with van der Waals surface area (Å²) in [5.74, 6) is 0.351. The number of amides is 1. The molecule has 1 saturated heterocycles. The Hall–Kier alpha value is -1.49. The molecule has 2 unspecified atom stereocenters. The van der Waals surface area contributed by atoms with E-state index in [9.17, 15) is 9.59 Å². The molecule has 1 heterocycles. The van der Waals surface area contributed by atoms with Crippen molar-refractivity contribution in [1.29, 1.82) is 0 Å². The number of hydrogen-bond acceptors (Lipinski definition) is 3. The summed E-state index contributed by atoms with van der Waals surface area (Å²) in [4.78, 5) is 25.1. The lowest BCUT2D eigenvalue weighted by molar-refractivity contribution is -0.146. The molecule has 0 spiro atoms. The molecular formula is C16H21NO3S. The van der Waals surface area contributed by atoms with E-state index in [4.69, 9.17) is 5.11 Å². The number of thioether (sulfide) groups is 1. The van der Waals surface area contributed by atoms with Crippen molar-refractivity contribution < 1.29 is 14.7 Å². The molecule has 114 valence electrons. The lowest BCUT2D eigenvalue weighted by Gasteiger charge is -2.36. The van der Waals surface area contributed by atoms with Crippen LogP contribution in [0.15, 0.2) is 30.3 Å². The minimum absolute atomic E-state index is 0.0182. The molecule has 1 aromatic rings. The molecule has 2 atom stereocenters. The summed E-state index contributed by atoms with van der Waals surface area (Å²) in [6.07, 6.45) is 1.12. The molecule has 1 N–H and O–H groups in total. The van der Waals surface area contributed by atoms with Gasteiger partial charge in [0.15, 0.2) is 0 Å². The first kappa shape index (κ1) is 15.9. The molecule has 0 bridgehead atoms. The second-order valence-electron chi connectivity index (χ2n) is 5.47. The number of piperidine rings is 1. The van der Waals surface area contributed by atoms with Gasteiger partial charge < -0.3 is 10.0 Å². The normalized spacial score (nSPS) is 22.0. The highest BCUT2D eigenvalue weighted by Crippen LogP contribution is 2.24. The van der Waals surface area contributed by atoms with Crippen LogP contribution in [-0.2, 0) is 15.3 Å². The molecule has 1 aromatic carbocycles. The van der Waals surface area contributed by atoms with Crippen LogP contribution in [0.2, 0.25) is 0 Å². The Morgan fingerprint density at radius 1 is 1.33 bits per heavy atom. The van der Waals surface area contributed by atoms with Gasteiger partial charge in [-0.05, 0) is 25.3 Å². The molecule has 0 radical (unpaired) electrons. The Morgan fingerprint density at radius 3 is 2.67 bits per heavy atom. The van der Waals surface area contributed by atoms with Crippen LogP contribution in [0.3, 0.4) is 0 Å². The van der Waals surface area contributed by atoms with Crippen LogP contribution in [0.5, 0.6) is 0 Å². The lowest BCUT2D eigenvalue weighted by atomic mass is 9.92. The van der Waals surface area contributed by atoms with Crippen LogP contribution >= 0.6 is 11.8 Å².